The van der Waals surface area contributed by atoms with Gasteiger partial charge in [-0.3, -0.25) is 14.6 Å². The van der Waals surface area contributed by atoms with E-state index in [1.807, 2.05) is 49.1 Å². The zero-order chi connectivity index (χ0) is 23.4. The van der Waals surface area contributed by atoms with E-state index >= 15 is 0 Å². The van der Waals surface area contributed by atoms with Gasteiger partial charge in [0.05, 0.1) is 29.4 Å². The Balaban J connectivity index is 1.43. The average molecular weight is 446 g/mol. The monoisotopic (exact) mass is 445 g/mol. The molecule has 0 bridgehead atoms. The molecule has 4 rings (SSSR count). The number of hydrogen-bond acceptors (Lipinski definition) is 3. The lowest BCUT2D eigenvalue weighted by atomic mass is 10.1. The third-order valence-electron chi connectivity index (χ3n) is 6.07. The van der Waals surface area contributed by atoms with Crippen molar-refractivity contribution in [3.63, 3.8) is 0 Å². The summed E-state index contributed by atoms with van der Waals surface area (Å²) in [6.07, 6.45) is 2.17. The SMILES string of the molecule is Cc1cccc(CC(=O)N2CCCC2c2ccc(C(=O)NCc3ccc(F)cc3)c(C)n2)c1. The van der Waals surface area contributed by atoms with E-state index in [9.17, 15) is 14.0 Å². The Kier molecular flexibility index (Phi) is 6.82. The van der Waals surface area contributed by atoms with Gasteiger partial charge in [-0.25, -0.2) is 4.39 Å². The number of rotatable bonds is 6. The summed E-state index contributed by atoms with van der Waals surface area (Å²) in [5.74, 6) is -0.433. The number of amides is 2. The summed E-state index contributed by atoms with van der Waals surface area (Å²) in [7, 11) is 0. The molecule has 2 aromatic carbocycles. The summed E-state index contributed by atoms with van der Waals surface area (Å²) in [6, 6.07) is 17.6. The molecule has 1 N–H and O–H groups in total. The summed E-state index contributed by atoms with van der Waals surface area (Å²) in [5, 5.41) is 2.86. The largest absolute Gasteiger partial charge is 0.348 e. The van der Waals surface area contributed by atoms with Crippen molar-refractivity contribution in [2.75, 3.05) is 6.54 Å². The highest BCUT2D eigenvalue weighted by molar-refractivity contribution is 5.95. The number of aromatic nitrogens is 1. The zero-order valence-corrected chi connectivity index (χ0v) is 19.0. The first-order valence-corrected chi connectivity index (χ1v) is 11.3. The fourth-order valence-electron chi connectivity index (χ4n) is 4.36. The molecule has 1 aliphatic heterocycles. The lowest BCUT2D eigenvalue weighted by Crippen LogP contribution is -2.32. The van der Waals surface area contributed by atoms with E-state index < -0.39 is 0 Å². The Bertz CT molecular complexity index is 1160. The van der Waals surface area contributed by atoms with Crippen LogP contribution < -0.4 is 5.32 Å². The maximum absolute atomic E-state index is 13.1. The van der Waals surface area contributed by atoms with Crippen LogP contribution in [0.2, 0.25) is 0 Å². The number of likely N-dealkylation sites (tertiary alicyclic amines) is 1. The lowest BCUT2D eigenvalue weighted by Gasteiger charge is -2.25. The van der Waals surface area contributed by atoms with Crippen LogP contribution in [0.5, 0.6) is 0 Å². The Morgan fingerprint density at radius 3 is 2.58 bits per heavy atom. The molecule has 0 spiro atoms. The van der Waals surface area contributed by atoms with Crippen LogP contribution in [0.15, 0.2) is 60.7 Å². The number of halogens is 1. The van der Waals surface area contributed by atoms with Crippen LogP contribution in [-0.2, 0) is 17.8 Å². The molecule has 0 saturated carbocycles. The van der Waals surface area contributed by atoms with E-state index in [-0.39, 0.29) is 23.7 Å². The van der Waals surface area contributed by atoms with Crippen LogP contribution in [0, 0.1) is 19.7 Å². The van der Waals surface area contributed by atoms with Gasteiger partial charge in [0.15, 0.2) is 0 Å². The molecule has 1 saturated heterocycles. The standard InChI is InChI=1S/C27H28FN3O2/c1-18-5-3-6-21(15-18)16-26(32)31-14-4-7-25(31)24-13-12-23(19(2)30-24)27(33)29-17-20-8-10-22(28)11-9-20/h3,5-6,8-13,15,25H,4,7,14,16-17H2,1-2H3,(H,29,33). The van der Waals surface area contributed by atoms with Crippen molar-refractivity contribution in [2.45, 2.75) is 45.7 Å². The molecule has 1 aliphatic rings. The second-order valence-corrected chi connectivity index (χ2v) is 8.59. The van der Waals surface area contributed by atoms with E-state index in [2.05, 4.69) is 5.32 Å². The molecule has 33 heavy (non-hydrogen) atoms. The highest BCUT2D eigenvalue weighted by atomic mass is 19.1. The van der Waals surface area contributed by atoms with Gasteiger partial charge in [-0.1, -0.05) is 42.0 Å². The lowest BCUT2D eigenvalue weighted by molar-refractivity contribution is -0.131. The zero-order valence-electron chi connectivity index (χ0n) is 19.0. The maximum atomic E-state index is 13.1. The van der Waals surface area contributed by atoms with Crippen LogP contribution in [0.25, 0.3) is 0 Å². The third kappa shape index (κ3) is 5.45. The van der Waals surface area contributed by atoms with Crippen molar-refractivity contribution in [1.29, 1.82) is 0 Å². The minimum absolute atomic E-state index is 0.0719. The second-order valence-electron chi connectivity index (χ2n) is 8.59. The molecule has 0 aliphatic carbocycles. The van der Waals surface area contributed by atoms with Crippen molar-refractivity contribution in [3.05, 3.63) is 100 Å². The van der Waals surface area contributed by atoms with Crippen LogP contribution in [0.4, 0.5) is 4.39 Å². The Hall–Kier alpha value is -3.54. The number of benzene rings is 2. The molecule has 2 amide bonds. The van der Waals surface area contributed by atoms with Gasteiger partial charge in [-0.15, -0.1) is 0 Å². The van der Waals surface area contributed by atoms with E-state index in [1.54, 1.807) is 18.2 Å². The van der Waals surface area contributed by atoms with Crippen LogP contribution >= 0.6 is 0 Å². The van der Waals surface area contributed by atoms with Crippen molar-refractivity contribution in [3.8, 4) is 0 Å². The summed E-state index contributed by atoms with van der Waals surface area (Å²) >= 11 is 0. The molecule has 1 unspecified atom stereocenters. The fourth-order valence-corrected chi connectivity index (χ4v) is 4.36. The minimum Gasteiger partial charge on any atom is -0.348 e. The van der Waals surface area contributed by atoms with Gasteiger partial charge in [0.1, 0.15) is 5.82 Å². The van der Waals surface area contributed by atoms with Gasteiger partial charge in [0, 0.05) is 13.1 Å². The summed E-state index contributed by atoms with van der Waals surface area (Å²) in [5.41, 5.74) is 4.92. The summed E-state index contributed by atoms with van der Waals surface area (Å²) in [6.45, 7) is 4.86. The topological polar surface area (TPSA) is 62.3 Å². The first-order chi connectivity index (χ1) is 15.9. The van der Waals surface area contributed by atoms with Crippen molar-refractivity contribution < 1.29 is 14.0 Å². The van der Waals surface area contributed by atoms with Gasteiger partial charge in [-0.2, -0.15) is 0 Å². The normalized spacial score (nSPS) is 15.5. The van der Waals surface area contributed by atoms with Gasteiger partial charge in [0.25, 0.3) is 5.91 Å². The Morgan fingerprint density at radius 1 is 1.06 bits per heavy atom. The van der Waals surface area contributed by atoms with E-state index in [1.165, 1.54) is 12.1 Å². The Labute approximate surface area is 193 Å². The maximum Gasteiger partial charge on any atom is 0.253 e. The predicted molar refractivity (Wildman–Crippen MR) is 125 cm³/mol. The van der Waals surface area contributed by atoms with Crippen LogP contribution in [0.1, 0.15) is 57.3 Å². The first-order valence-electron chi connectivity index (χ1n) is 11.3. The second kappa shape index (κ2) is 9.94. The molecular formula is C27H28FN3O2. The summed E-state index contributed by atoms with van der Waals surface area (Å²) < 4.78 is 13.1. The molecule has 3 aromatic rings. The molecule has 6 heteroatoms. The number of carbonyl (C=O) groups excluding carboxylic acids is 2. The van der Waals surface area contributed by atoms with Crippen LogP contribution in [-0.4, -0.2) is 28.2 Å². The molecule has 1 atom stereocenters. The quantitative estimate of drug-likeness (QED) is 0.600. The van der Waals surface area contributed by atoms with Crippen molar-refractivity contribution >= 4 is 11.8 Å². The van der Waals surface area contributed by atoms with E-state index in [4.69, 9.17) is 4.98 Å². The molecule has 0 radical (unpaired) electrons. The van der Waals surface area contributed by atoms with Crippen LogP contribution in [0.3, 0.4) is 0 Å². The highest BCUT2D eigenvalue weighted by Gasteiger charge is 2.31. The minimum atomic E-state index is -0.306. The number of nitrogens with one attached hydrogen (secondary N) is 1. The number of hydrogen-bond donors (Lipinski definition) is 1. The third-order valence-corrected chi connectivity index (χ3v) is 6.07. The molecule has 2 heterocycles. The molecule has 170 valence electrons. The molecule has 5 nitrogen and oxygen atoms in total. The fraction of sp³-hybridized carbons (Fsp3) is 0.296. The number of carbonyl (C=O) groups is 2. The van der Waals surface area contributed by atoms with Crippen molar-refractivity contribution in [1.82, 2.24) is 15.2 Å². The van der Waals surface area contributed by atoms with E-state index in [0.29, 0.717) is 24.2 Å². The molecule has 1 fully saturated rings. The van der Waals surface area contributed by atoms with Crippen molar-refractivity contribution in [2.24, 2.45) is 0 Å². The molecular weight excluding hydrogens is 417 g/mol. The molecule has 1 aromatic heterocycles. The number of aryl methyl sites for hydroxylation is 2. The number of pyridine rings is 1. The van der Waals surface area contributed by atoms with Gasteiger partial charge in [-0.05, 0) is 62.1 Å². The average Bonchev–Trinajstić information content (AvgIpc) is 3.29. The van der Waals surface area contributed by atoms with Gasteiger partial charge < -0.3 is 10.2 Å². The van der Waals surface area contributed by atoms with Gasteiger partial charge >= 0.3 is 0 Å². The number of nitrogens with zero attached hydrogens (tertiary/aromatic N) is 2. The highest BCUT2D eigenvalue weighted by Crippen LogP contribution is 2.32. The Morgan fingerprint density at radius 2 is 1.85 bits per heavy atom. The summed E-state index contributed by atoms with van der Waals surface area (Å²) in [4.78, 5) is 32.3. The van der Waals surface area contributed by atoms with Gasteiger partial charge in [0.2, 0.25) is 5.91 Å². The van der Waals surface area contributed by atoms with E-state index in [0.717, 1.165) is 41.8 Å². The predicted octanol–water partition coefficient (Wildman–Crippen LogP) is 4.67. The smallest absolute Gasteiger partial charge is 0.253 e. The first kappa shape index (κ1) is 22.6.